The molecule has 1 saturated heterocycles. The molecule has 0 bridgehead atoms. The Morgan fingerprint density at radius 1 is 1.05 bits per heavy atom. The molecule has 1 atom stereocenters. The summed E-state index contributed by atoms with van der Waals surface area (Å²) in [6, 6.07) is 18.7. The summed E-state index contributed by atoms with van der Waals surface area (Å²) in [5.74, 6) is -0.636. The fourth-order valence-corrected chi connectivity index (χ4v) is 6.86. The quantitative estimate of drug-likeness (QED) is 0.0466. The van der Waals surface area contributed by atoms with Gasteiger partial charge in [0.25, 0.3) is 5.78 Å². The van der Waals surface area contributed by atoms with Gasteiger partial charge >= 0.3 is 5.91 Å². The molecule has 3 aromatic carbocycles. The van der Waals surface area contributed by atoms with Crippen LogP contribution in [-0.4, -0.2) is 33.6 Å². The number of aryl methyl sites for hydroxylation is 1. The standard InChI is InChI=1S/C31H27Cl2N3O4S2/c1-3-4-15-40-23-13-10-19(11-14-23)26-25(27(37)20-7-5-18(2)6-8-20)28(38)29(39)36(26)30-34-35-31(42-30)41-17-21-9-12-22(32)16-24(21)33/h5-14,16,26,37H,3-4,15,17H2,1-2H3/b27-25-. The average molecular weight is 641 g/mol. The molecule has 0 aliphatic carbocycles. The number of halogens is 2. The SMILES string of the molecule is CCCCOc1ccc(C2/C(=C(/O)c3ccc(C)cc3)C(=O)C(=O)N2c2nnc(SCc3ccc(Cl)cc3Cl)s2)cc1. The van der Waals surface area contributed by atoms with E-state index in [0.717, 1.165) is 24.0 Å². The number of hydrogen-bond acceptors (Lipinski definition) is 8. The first-order chi connectivity index (χ1) is 20.3. The number of ketones is 1. The van der Waals surface area contributed by atoms with Crippen molar-refractivity contribution in [3.8, 4) is 5.75 Å². The van der Waals surface area contributed by atoms with E-state index in [1.165, 1.54) is 28.0 Å². The molecular weight excluding hydrogens is 613 g/mol. The predicted molar refractivity (Wildman–Crippen MR) is 169 cm³/mol. The van der Waals surface area contributed by atoms with Gasteiger partial charge in [0, 0.05) is 21.4 Å². The van der Waals surface area contributed by atoms with E-state index in [9.17, 15) is 14.7 Å². The van der Waals surface area contributed by atoms with Crippen LogP contribution in [0, 0.1) is 6.92 Å². The minimum atomic E-state index is -0.910. The van der Waals surface area contributed by atoms with Crippen molar-refractivity contribution < 1.29 is 19.4 Å². The third-order valence-corrected chi connectivity index (χ3v) is 9.39. The zero-order valence-corrected chi connectivity index (χ0v) is 26.0. The topological polar surface area (TPSA) is 92.6 Å². The number of ether oxygens (including phenoxy) is 1. The second-order valence-corrected chi connectivity index (χ2v) is 12.7. The normalized spacial score (nSPS) is 16.3. The summed E-state index contributed by atoms with van der Waals surface area (Å²) in [6.45, 7) is 4.61. The van der Waals surface area contributed by atoms with Crippen molar-refractivity contribution in [1.29, 1.82) is 0 Å². The van der Waals surface area contributed by atoms with Crippen LogP contribution < -0.4 is 9.64 Å². The molecule has 1 amide bonds. The largest absolute Gasteiger partial charge is 0.507 e. The van der Waals surface area contributed by atoms with Crippen LogP contribution in [0.1, 0.15) is 48.1 Å². The van der Waals surface area contributed by atoms with E-state index in [4.69, 9.17) is 27.9 Å². The van der Waals surface area contributed by atoms with E-state index in [1.807, 2.05) is 25.1 Å². The van der Waals surface area contributed by atoms with E-state index in [1.54, 1.807) is 48.5 Å². The number of unbranched alkanes of at least 4 members (excludes halogenated alkanes) is 1. The second-order valence-electron chi connectivity index (χ2n) is 9.68. The Balaban J connectivity index is 1.50. The number of aliphatic hydroxyl groups excluding tert-OH is 1. The zero-order valence-electron chi connectivity index (χ0n) is 22.8. The number of anilines is 1. The highest BCUT2D eigenvalue weighted by atomic mass is 35.5. The lowest BCUT2D eigenvalue weighted by molar-refractivity contribution is -0.132. The smallest absolute Gasteiger partial charge is 0.301 e. The predicted octanol–water partition coefficient (Wildman–Crippen LogP) is 8.25. The Morgan fingerprint density at radius 2 is 1.79 bits per heavy atom. The highest BCUT2D eigenvalue weighted by Gasteiger charge is 2.48. The molecule has 42 heavy (non-hydrogen) atoms. The lowest BCUT2D eigenvalue weighted by atomic mass is 9.95. The lowest BCUT2D eigenvalue weighted by Crippen LogP contribution is -2.29. The lowest BCUT2D eigenvalue weighted by Gasteiger charge is -2.22. The van der Waals surface area contributed by atoms with Crippen LogP contribution >= 0.6 is 46.3 Å². The maximum Gasteiger partial charge on any atom is 0.301 e. The zero-order chi connectivity index (χ0) is 29.8. The van der Waals surface area contributed by atoms with Crippen LogP contribution in [-0.2, 0) is 15.3 Å². The Hall–Kier alpha value is -3.37. The van der Waals surface area contributed by atoms with Crippen LogP contribution in [0.2, 0.25) is 10.0 Å². The van der Waals surface area contributed by atoms with E-state index in [2.05, 4.69) is 17.1 Å². The molecule has 0 spiro atoms. The first-order valence-corrected chi connectivity index (χ1v) is 15.8. The highest BCUT2D eigenvalue weighted by molar-refractivity contribution is 8.00. The fourth-order valence-electron chi connectivity index (χ4n) is 4.43. The molecule has 0 radical (unpaired) electrons. The summed E-state index contributed by atoms with van der Waals surface area (Å²) < 4.78 is 6.40. The monoisotopic (exact) mass is 639 g/mol. The summed E-state index contributed by atoms with van der Waals surface area (Å²) in [5.41, 5.74) is 2.93. The summed E-state index contributed by atoms with van der Waals surface area (Å²) in [4.78, 5) is 28.3. The maximum atomic E-state index is 13.5. The Bertz CT molecular complexity index is 1640. The molecular formula is C31H27Cl2N3O4S2. The number of aliphatic hydroxyl groups is 1. The average Bonchev–Trinajstić information content (AvgIpc) is 3.55. The molecule has 7 nitrogen and oxygen atoms in total. The van der Waals surface area contributed by atoms with E-state index < -0.39 is 17.7 Å². The number of aromatic nitrogens is 2. The van der Waals surface area contributed by atoms with Crippen LogP contribution in [0.3, 0.4) is 0 Å². The number of benzene rings is 3. The molecule has 4 aromatic rings. The van der Waals surface area contributed by atoms with Gasteiger partial charge in [-0.3, -0.25) is 14.5 Å². The van der Waals surface area contributed by atoms with Crippen molar-refractivity contribution in [1.82, 2.24) is 10.2 Å². The molecule has 2 heterocycles. The van der Waals surface area contributed by atoms with Crippen molar-refractivity contribution in [2.75, 3.05) is 11.5 Å². The van der Waals surface area contributed by atoms with E-state index in [0.29, 0.717) is 43.6 Å². The molecule has 5 rings (SSSR count). The molecule has 11 heteroatoms. The number of carbonyl (C=O) groups is 2. The number of amides is 1. The van der Waals surface area contributed by atoms with E-state index >= 15 is 0 Å². The van der Waals surface area contributed by atoms with Gasteiger partial charge in [-0.05, 0) is 48.7 Å². The Kier molecular flexibility index (Phi) is 9.53. The summed E-state index contributed by atoms with van der Waals surface area (Å²) in [6.07, 6.45) is 1.95. The van der Waals surface area contributed by atoms with Gasteiger partial charge in [-0.1, -0.05) is 108 Å². The first kappa shape index (κ1) is 30.1. The van der Waals surface area contributed by atoms with Gasteiger partial charge in [0.15, 0.2) is 4.34 Å². The van der Waals surface area contributed by atoms with Gasteiger partial charge in [-0.2, -0.15) is 0 Å². The molecule has 1 fully saturated rings. The maximum absolute atomic E-state index is 13.5. The van der Waals surface area contributed by atoms with Crippen molar-refractivity contribution in [2.24, 2.45) is 0 Å². The van der Waals surface area contributed by atoms with Crippen molar-refractivity contribution in [3.05, 3.63) is 105 Å². The van der Waals surface area contributed by atoms with Gasteiger partial charge in [0.2, 0.25) is 5.13 Å². The van der Waals surface area contributed by atoms with Crippen molar-refractivity contribution >= 4 is 68.9 Å². The van der Waals surface area contributed by atoms with Gasteiger partial charge in [0.1, 0.15) is 11.5 Å². The number of carbonyl (C=O) groups excluding carboxylic acids is 2. The number of hydrogen-bond donors (Lipinski definition) is 1. The van der Waals surface area contributed by atoms with Gasteiger partial charge in [-0.15, -0.1) is 10.2 Å². The second kappa shape index (κ2) is 13.3. The highest BCUT2D eigenvalue weighted by Crippen LogP contribution is 2.44. The fraction of sp³-hybridized carbons (Fsp3) is 0.226. The minimum absolute atomic E-state index is 0.0131. The van der Waals surface area contributed by atoms with Gasteiger partial charge in [0.05, 0.1) is 18.2 Å². The molecule has 0 saturated carbocycles. The number of Topliss-reactive ketones (excluding diaryl/α,β-unsaturated/α-hetero) is 1. The number of thioether (sulfide) groups is 1. The number of rotatable bonds is 10. The van der Waals surface area contributed by atoms with Crippen LogP contribution in [0.4, 0.5) is 5.13 Å². The van der Waals surface area contributed by atoms with Crippen LogP contribution in [0.5, 0.6) is 5.75 Å². The molecule has 1 aliphatic heterocycles. The Labute approximate surface area is 262 Å². The minimum Gasteiger partial charge on any atom is -0.507 e. The van der Waals surface area contributed by atoms with Crippen molar-refractivity contribution in [3.63, 3.8) is 0 Å². The third-order valence-electron chi connectivity index (χ3n) is 6.70. The first-order valence-electron chi connectivity index (χ1n) is 13.3. The summed E-state index contributed by atoms with van der Waals surface area (Å²) in [5, 5.41) is 21.2. The van der Waals surface area contributed by atoms with E-state index in [-0.39, 0.29) is 16.5 Å². The molecule has 1 unspecified atom stereocenters. The van der Waals surface area contributed by atoms with Gasteiger partial charge in [-0.25, -0.2) is 0 Å². The molecule has 1 aliphatic rings. The molecule has 1 N–H and O–H groups in total. The Morgan fingerprint density at radius 3 is 2.48 bits per heavy atom. The van der Waals surface area contributed by atoms with Crippen molar-refractivity contribution in [2.45, 2.75) is 42.8 Å². The third kappa shape index (κ3) is 6.49. The summed E-state index contributed by atoms with van der Waals surface area (Å²) >= 11 is 14.9. The molecule has 216 valence electrons. The summed E-state index contributed by atoms with van der Waals surface area (Å²) in [7, 11) is 0. The van der Waals surface area contributed by atoms with Gasteiger partial charge < -0.3 is 9.84 Å². The van der Waals surface area contributed by atoms with Crippen LogP contribution in [0.25, 0.3) is 5.76 Å². The number of nitrogens with zero attached hydrogens (tertiary/aromatic N) is 3. The molecule has 1 aromatic heterocycles. The van der Waals surface area contributed by atoms with Crippen LogP contribution in [0.15, 0.2) is 76.6 Å².